The second-order valence-electron chi connectivity index (χ2n) is 33.4. The Labute approximate surface area is 698 Å². The van der Waals surface area contributed by atoms with Crippen LogP contribution in [0.5, 0.6) is 0 Å². The predicted octanol–water partition coefficient (Wildman–Crippen LogP) is 16.8. The smallest absolute Gasteiger partial charge is 0.463 e. The van der Waals surface area contributed by atoms with Gasteiger partial charge in [-0.3, -0.25) is 28.2 Å². The number of allylic oxidation sites excluding steroid dienone is 4. The number of phosphoric acid groups is 1. The summed E-state index contributed by atoms with van der Waals surface area (Å²) < 4.78 is 73.3. The molecule has 2 heterocycles. The quantitative estimate of drug-likeness (QED) is 0.00889. The summed E-state index contributed by atoms with van der Waals surface area (Å²) in [5.74, 6) is -2.32. The number of unbranched alkanes of at least 4 members (excludes halogenated alkanes) is 42. The Hall–Kier alpha value is -3.05. The summed E-state index contributed by atoms with van der Waals surface area (Å²) in [6, 6.07) is 0. The minimum Gasteiger partial charge on any atom is -0.463 e. The average Bonchev–Trinajstić information content (AvgIpc) is 0.754. The van der Waals surface area contributed by atoms with Crippen LogP contribution >= 0.6 is 7.82 Å². The highest BCUT2D eigenvalue weighted by molar-refractivity contribution is 7.47. The third kappa shape index (κ3) is 48.7. The topological polar surface area (TPSA) is 380 Å². The van der Waals surface area contributed by atoms with E-state index in [-0.39, 0.29) is 32.1 Å². The highest BCUT2D eigenvalue weighted by Gasteiger charge is 2.60. The molecule has 1 aliphatic carbocycles. The van der Waals surface area contributed by atoms with Crippen LogP contribution in [0.25, 0.3) is 0 Å². The molecule has 19 atom stereocenters. The summed E-state index contributed by atoms with van der Waals surface area (Å²) in [7, 11) is -5.81. The van der Waals surface area contributed by atoms with E-state index in [9.17, 15) is 74.6 Å². The molecule has 3 rings (SSSR count). The number of rotatable bonds is 74. The molecule has 2 aliphatic heterocycles. The number of aliphatic hydroxyl groups is 9. The van der Waals surface area contributed by atoms with Gasteiger partial charge in [0.15, 0.2) is 24.8 Å². The molecule has 3 aliphatic rings. The summed E-state index contributed by atoms with van der Waals surface area (Å²) in [4.78, 5) is 66.4. The monoisotopic (exact) mass is 1680 g/mol. The normalized spacial score (nSPS) is 25.5. The van der Waals surface area contributed by atoms with E-state index in [2.05, 4.69) is 58.9 Å². The number of esters is 4. The molecule has 0 aromatic rings. The van der Waals surface area contributed by atoms with E-state index in [1.54, 1.807) is 0 Å². The summed E-state index contributed by atoms with van der Waals surface area (Å²) in [6.45, 7) is 7.87. The van der Waals surface area contributed by atoms with Crippen molar-refractivity contribution in [3.63, 3.8) is 0 Å². The van der Waals surface area contributed by atoms with Gasteiger partial charge in [0.2, 0.25) is 0 Å². The lowest BCUT2D eigenvalue weighted by molar-refractivity contribution is -0.360. The Morgan fingerprint density at radius 2 is 0.698 bits per heavy atom. The molecule has 0 radical (unpaired) electrons. The van der Waals surface area contributed by atoms with Crippen molar-refractivity contribution in [2.45, 2.75) is 492 Å². The first-order valence-electron chi connectivity index (χ1n) is 46.5. The molecule has 25 nitrogen and oxygen atoms in total. The molecule has 1 saturated carbocycles. The highest BCUT2D eigenvalue weighted by atomic mass is 31.2. The first kappa shape index (κ1) is 107. The Kier molecular flexibility index (Phi) is 63.2. The maximum absolute atomic E-state index is 14.9. The third-order valence-electron chi connectivity index (χ3n) is 22.8. The Morgan fingerprint density at radius 1 is 0.362 bits per heavy atom. The van der Waals surface area contributed by atoms with E-state index >= 15 is 0 Å². The van der Waals surface area contributed by atoms with Gasteiger partial charge in [0.05, 0.1) is 13.2 Å². The molecule has 26 heteroatoms. The molecule has 0 spiro atoms. The minimum atomic E-state index is -5.81. The van der Waals surface area contributed by atoms with Gasteiger partial charge in [0.1, 0.15) is 92.6 Å². The van der Waals surface area contributed by atoms with E-state index in [0.29, 0.717) is 38.0 Å². The molecule has 0 aromatic heterocycles. The molecule has 3 fully saturated rings. The van der Waals surface area contributed by atoms with Crippen LogP contribution in [-0.4, -0.2) is 205 Å². The van der Waals surface area contributed by atoms with E-state index < -0.39 is 162 Å². The van der Waals surface area contributed by atoms with Gasteiger partial charge >= 0.3 is 31.7 Å². The number of hydrogen-bond acceptors (Lipinski definition) is 24. The van der Waals surface area contributed by atoms with Crippen molar-refractivity contribution in [3.8, 4) is 0 Å². The second kappa shape index (κ2) is 68.4. The predicted molar refractivity (Wildman–Crippen MR) is 449 cm³/mol. The molecule has 19 unspecified atom stereocenters. The van der Waals surface area contributed by atoms with Crippen LogP contribution in [0.3, 0.4) is 0 Å². The van der Waals surface area contributed by atoms with E-state index in [0.717, 1.165) is 122 Å². The molecule has 10 N–H and O–H groups in total. The molecule has 0 amide bonds. The van der Waals surface area contributed by atoms with Crippen LogP contribution in [0, 0.1) is 5.92 Å². The number of phosphoric ester groups is 1. The van der Waals surface area contributed by atoms with Crippen molar-refractivity contribution < 1.29 is 122 Å². The van der Waals surface area contributed by atoms with Crippen molar-refractivity contribution in [2.24, 2.45) is 5.92 Å². The van der Waals surface area contributed by atoms with Crippen LogP contribution in [-0.2, 0) is 70.7 Å². The molecule has 0 bridgehead atoms. The standard InChI is InChI=1S/C90H165O25P/c1-6-10-14-18-22-25-28-31-32-35-38-40-43-51-57-63-75(94)109-70(66-106-73(92)61-55-49-42-39-36-33-29-26-23-19-15-11-7-2)67-108-116(104,105)115-88-86(113-89-83(102)79(98)77(96)71(65-91)110-89)82(101)81(100)85(112-76(95)64-58-52-44-41-37-34-30-27-24-20-16-12-8-3)87(88)114-90-84(103)80(99)78(97)72(111-90)68-107-74(93)62-56-50-46-45-48-54-60-69(5)59-53-47-21-17-13-9-4/h33-34,36-37,69-72,77-91,96-103H,6-32,35,38-68H2,1-5H3,(H,104,105)/b36-33-,37-34-. The van der Waals surface area contributed by atoms with Gasteiger partial charge in [-0.1, -0.05) is 309 Å². The third-order valence-corrected chi connectivity index (χ3v) is 23.8. The summed E-state index contributed by atoms with van der Waals surface area (Å²) in [5.41, 5.74) is 0. The van der Waals surface area contributed by atoms with Gasteiger partial charge in [-0.15, -0.1) is 0 Å². The van der Waals surface area contributed by atoms with Crippen LogP contribution in [0.2, 0.25) is 0 Å². The van der Waals surface area contributed by atoms with E-state index in [4.69, 9.17) is 46.9 Å². The van der Waals surface area contributed by atoms with Crippen molar-refractivity contribution in [3.05, 3.63) is 24.3 Å². The lowest BCUT2D eigenvalue weighted by Gasteiger charge is -2.50. The second-order valence-corrected chi connectivity index (χ2v) is 34.8. The minimum absolute atomic E-state index is 0.0127. The van der Waals surface area contributed by atoms with E-state index in [1.807, 2.05) is 0 Å². The Balaban J connectivity index is 1.93. The maximum atomic E-state index is 14.9. The van der Waals surface area contributed by atoms with Gasteiger partial charge < -0.3 is 88.7 Å². The fourth-order valence-corrected chi connectivity index (χ4v) is 16.3. The SMILES string of the molecule is CCCCCCCC/C=C\CCCCCC(=O)OCC(COP(=O)(O)OC1C(OC2OC(CO)C(O)C(O)C2O)C(O)C(O)C(OC(=O)CCCCC/C=C\CCCCCCCC)C1OC1OC(COC(=O)CCCCCCCCC(C)CCCCCCCC)C(O)C(O)C1O)OC(=O)CCCCCCCCCCCCCCCCC. The summed E-state index contributed by atoms with van der Waals surface area (Å²) >= 11 is 0. The van der Waals surface area contributed by atoms with Crippen molar-refractivity contribution >= 4 is 31.7 Å². The highest BCUT2D eigenvalue weighted by Crippen LogP contribution is 2.49. The summed E-state index contributed by atoms with van der Waals surface area (Å²) in [6.07, 6.45) is 26.3. The van der Waals surface area contributed by atoms with Gasteiger partial charge in [-0.25, -0.2) is 4.57 Å². The van der Waals surface area contributed by atoms with E-state index in [1.165, 1.54) is 167 Å². The molecule has 2 saturated heterocycles. The van der Waals surface area contributed by atoms with Gasteiger partial charge in [-0.2, -0.15) is 0 Å². The number of ether oxygens (including phenoxy) is 8. The van der Waals surface area contributed by atoms with Crippen LogP contribution in [0.4, 0.5) is 0 Å². The molecular weight excluding hydrogens is 1510 g/mol. The van der Waals surface area contributed by atoms with Crippen molar-refractivity contribution in [1.29, 1.82) is 0 Å². The van der Waals surface area contributed by atoms with Crippen molar-refractivity contribution in [1.82, 2.24) is 0 Å². The van der Waals surface area contributed by atoms with Gasteiger partial charge in [0.25, 0.3) is 0 Å². The number of carbonyl (C=O) groups is 4. The molecule has 116 heavy (non-hydrogen) atoms. The molecule has 0 aromatic carbocycles. The zero-order valence-corrected chi connectivity index (χ0v) is 73.4. The van der Waals surface area contributed by atoms with Crippen LogP contribution < -0.4 is 0 Å². The zero-order chi connectivity index (χ0) is 84.8. The number of aliphatic hydroxyl groups excluding tert-OH is 9. The van der Waals surface area contributed by atoms with Crippen molar-refractivity contribution in [2.75, 3.05) is 26.4 Å². The average molecular weight is 1680 g/mol. The summed E-state index contributed by atoms with van der Waals surface area (Å²) in [5, 5.41) is 102. The fourth-order valence-electron chi connectivity index (χ4n) is 15.3. The first-order chi connectivity index (χ1) is 56.1. The first-order valence-corrected chi connectivity index (χ1v) is 48.0. The Morgan fingerprint density at radius 3 is 1.12 bits per heavy atom. The number of hydrogen-bond donors (Lipinski definition) is 10. The molecular formula is C90H165O25P. The largest absolute Gasteiger partial charge is 0.472 e. The molecule has 680 valence electrons. The lowest BCUT2D eigenvalue weighted by atomic mass is 9.84. The van der Waals surface area contributed by atoms with Gasteiger partial charge in [0, 0.05) is 25.7 Å². The van der Waals surface area contributed by atoms with Gasteiger partial charge in [-0.05, 0) is 83.0 Å². The van der Waals surface area contributed by atoms with Crippen LogP contribution in [0.15, 0.2) is 24.3 Å². The number of carbonyl (C=O) groups excluding carboxylic acids is 4. The van der Waals surface area contributed by atoms with Crippen LogP contribution in [0.1, 0.15) is 388 Å². The zero-order valence-electron chi connectivity index (χ0n) is 72.5. The lowest BCUT2D eigenvalue weighted by Crippen LogP contribution is -2.70. The maximum Gasteiger partial charge on any atom is 0.472 e. The Bertz CT molecular complexity index is 2530. The fraction of sp³-hybridized carbons (Fsp3) is 0.911.